The number of imide groups is 1. The fourth-order valence-electron chi connectivity index (χ4n) is 3.38. The molecular formula is C21H19NO4S. The molecule has 2 aliphatic heterocycles. The Balaban J connectivity index is 1.80. The maximum Gasteiger partial charge on any atom is 0.272 e. The Kier molecular flexibility index (Phi) is 4.44. The van der Waals surface area contributed by atoms with Gasteiger partial charge in [0, 0.05) is 6.07 Å². The summed E-state index contributed by atoms with van der Waals surface area (Å²) in [6.45, 7) is 6.08. The monoisotopic (exact) mass is 381 g/mol. The van der Waals surface area contributed by atoms with Crippen LogP contribution in [0.1, 0.15) is 23.6 Å². The summed E-state index contributed by atoms with van der Waals surface area (Å²) in [6.07, 6.45) is 0. The first kappa shape index (κ1) is 17.7. The first-order valence-corrected chi connectivity index (χ1v) is 9.73. The van der Waals surface area contributed by atoms with Crippen LogP contribution in [0.5, 0.6) is 11.5 Å². The summed E-state index contributed by atoms with van der Waals surface area (Å²) in [5, 5.41) is 0. The molecule has 2 aromatic rings. The molecule has 2 aromatic carbocycles. The van der Waals surface area contributed by atoms with E-state index in [4.69, 9.17) is 9.47 Å². The van der Waals surface area contributed by atoms with E-state index in [0.717, 1.165) is 16.7 Å². The first-order valence-electron chi connectivity index (χ1n) is 8.74. The van der Waals surface area contributed by atoms with Gasteiger partial charge in [0.05, 0.1) is 16.2 Å². The smallest absolute Gasteiger partial charge is 0.272 e. The lowest BCUT2D eigenvalue weighted by Crippen LogP contribution is -2.31. The Hall–Kier alpha value is -2.73. The van der Waals surface area contributed by atoms with E-state index in [-0.39, 0.29) is 18.6 Å². The van der Waals surface area contributed by atoms with Gasteiger partial charge in [0.25, 0.3) is 11.8 Å². The van der Waals surface area contributed by atoms with Crippen LogP contribution >= 0.6 is 11.8 Å². The number of hydrogen-bond acceptors (Lipinski definition) is 5. The first-order chi connectivity index (χ1) is 13.0. The Labute approximate surface area is 162 Å². The SMILES string of the molecule is CCSC1=C(c2ccc(C)cc2C)C(=O)N(c2ccc3c(c2)OCO3)C1=O. The molecule has 6 heteroatoms. The number of fused-ring (bicyclic) bond motifs is 1. The van der Waals surface area contributed by atoms with Crippen LogP contribution in [0.25, 0.3) is 5.57 Å². The molecule has 0 fully saturated rings. The normalized spacial score (nSPS) is 15.9. The lowest BCUT2D eigenvalue weighted by atomic mass is 9.99. The molecule has 0 saturated heterocycles. The predicted molar refractivity (Wildman–Crippen MR) is 106 cm³/mol. The molecule has 0 bridgehead atoms. The van der Waals surface area contributed by atoms with E-state index in [1.165, 1.54) is 16.7 Å². The molecular weight excluding hydrogens is 362 g/mol. The number of amides is 2. The molecule has 2 amide bonds. The Morgan fingerprint density at radius 1 is 1.00 bits per heavy atom. The minimum absolute atomic E-state index is 0.143. The fourth-order valence-corrected chi connectivity index (χ4v) is 4.22. The van der Waals surface area contributed by atoms with Crippen molar-refractivity contribution in [2.45, 2.75) is 20.8 Å². The lowest BCUT2D eigenvalue weighted by Gasteiger charge is -2.16. The van der Waals surface area contributed by atoms with Gasteiger partial charge in [-0.15, -0.1) is 11.8 Å². The van der Waals surface area contributed by atoms with Crippen molar-refractivity contribution in [3.8, 4) is 11.5 Å². The van der Waals surface area contributed by atoms with E-state index in [2.05, 4.69) is 0 Å². The maximum absolute atomic E-state index is 13.3. The van der Waals surface area contributed by atoms with Gasteiger partial charge in [-0.3, -0.25) is 9.59 Å². The molecule has 4 rings (SSSR count). The summed E-state index contributed by atoms with van der Waals surface area (Å²) in [5.74, 6) is 1.27. The molecule has 0 aromatic heterocycles. The molecule has 0 atom stereocenters. The quantitative estimate of drug-likeness (QED) is 0.748. The summed E-state index contributed by atoms with van der Waals surface area (Å²) in [4.78, 5) is 28.1. The second kappa shape index (κ2) is 6.78. The molecule has 0 saturated carbocycles. The highest BCUT2D eigenvalue weighted by Crippen LogP contribution is 2.42. The standard InChI is InChI=1S/C21H19NO4S/c1-4-27-19-18(15-7-5-12(2)9-13(15)3)20(23)22(21(19)24)14-6-8-16-17(10-14)26-11-25-16/h5-10H,4,11H2,1-3H3. The third-order valence-electron chi connectivity index (χ3n) is 4.60. The van der Waals surface area contributed by atoms with Gasteiger partial charge in [-0.25, -0.2) is 4.90 Å². The van der Waals surface area contributed by atoms with Gasteiger partial charge in [0.2, 0.25) is 6.79 Å². The highest BCUT2D eigenvalue weighted by Gasteiger charge is 2.40. The van der Waals surface area contributed by atoms with Crippen LogP contribution in [0.15, 0.2) is 41.3 Å². The van der Waals surface area contributed by atoms with Crippen molar-refractivity contribution in [3.05, 3.63) is 58.0 Å². The van der Waals surface area contributed by atoms with Crippen molar-refractivity contribution in [2.75, 3.05) is 17.4 Å². The zero-order valence-corrected chi connectivity index (χ0v) is 16.2. The van der Waals surface area contributed by atoms with Gasteiger partial charge < -0.3 is 9.47 Å². The van der Waals surface area contributed by atoms with Crippen LogP contribution < -0.4 is 14.4 Å². The Morgan fingerprint density at radius 2 is 1.78 bits per heavy atom. The number of aryl methyl sites for hydroxylation is 2. The van der Waals surface area contributed by atoms with E-state index in [1.807, 2.05) is 39.0 Å². The summed E-state index contributed by atoms with van der Waals surface area (Å²) >= 11 is 1.40. The molecule has 2 aliphatic rings. The maximum atomic E-state index is 13.3. The molecule has 0 spiro atoms. The predicted octanol–water partition coefficient (Wildman–Crippen LogP) is 4.07. The zero-order valence-electron chi connectivity index (χ0n) is 15.4. The number of thioether (sulfide) groups is 1. The minimum atomic E-state index is -0.304. The average Bonchev–Trinajstić information content (AvgIpc) is 3.19. The van der Waals surface area contributed by atoms with Crippen molar-refractivity contribution in [2.24, 2.45) is 0 Å². The van der Waals surface area contributed by atoms with E-state index in [0.29, 0.717) is 33.4 Å². The van der Waals surface area contributed by atoms with Crippen molar-refractivity contribution >= 4 is 34.8 Å². The molecule has 0 aliphatic carbocycles. The number of hydrogen-bond donors (Lipinski definition) is 0. The second-order valence-electron chi connectivity index (χ2n) is 6.44. The molecule has 0 N–H and O–H groups in total. The largest absolute Gasteiger partial charge is 0.454 e. The molecule has 0 radical (unpaired) electrons. The lowest BCUT2D eigenvalue weighted by molar-refractivity contribution is -0.119. The zero-order chi connectivity index (χ0) is 19.1. The molecule has 27 heavy (non-hydrogen) atoms. The molecule has 2 heterocycles. The number of nitrogens with zero attached hydrogens (tertiary/aromatic N) is 1. The summed E-state index contributed by atoms with van der Waals surface area (Å²) in [5.41, 5.74) is 3.86. The van der Waals surface area contributed by atoms with Crippen LogP contribution in [0.4, 0.5) is 5.69 Å². The minimum Gasteiger partial charge on any atom is -0.454 e. The number of rotatable bonds is 4. The summed E-state index contributed by atoms with van der Waals surface area (Å²) < 4.78 is 10.7. The van der Waals surface area contributed by atoms with Crippen LogP contribution in [0, 0.1) is 13.8 Å². The van der Waals surface area contributed by atoms with E-state index >= 15 is 0 Å². The summed E-state index contributed by atoms with van der Waals surface area (Å²) in [6, 6.07) is 11.0. The van der Waals surface area contributed by atoms with Gasteiger partial charge in [0.15, 0.2) is 11.5 Å². The van der Waals surface area contributed by atoms with Gasteiger partial charge >= 0.3 is 0 Å². The molecule has 5 nitrogen and oxygen atoms in total. The van der Waals surface area contributed by atoms with E-state index < -0.39 is 0 Å². The van der Waals surface area contributed by atoms with Crippen LogP contribution in [-0.4, -0.2) is 24.4 Å². The molecule has 138 valence electrons. The van der Waals surface area contributed by atoms with Gasteiger partial charge in [-0.05, 0) is 42.9 Å². The van der Waals surface area contributed by atoms with Crippen molar-refractivity contribution in [1.29, 1.82) is 0 Å². The van der Waals surface area contributed by atoms with Gasteiger partial charge in [-0.2, -0.15) is 0 Å². The van der Waals surface area contributed by atoms with Gasteiger partial charge in [0.1, 0.15) is 0 Å². The number of carbonyl (C=O) groups is 2. The van der Waals surface area contributed by atoms with Crippen molar-refractivity contribution in [1.82, 2.24) is 0 Å². The van der Waals surface area contributed by atoms with E-state index in [1.54, 1.807) is 18.2 Å². The van der Waals surface area contributed by atoms with Crippen molar-refractivity contribution < 1.29 is 19.1 Å². The number of benzene rings is 2. The topological polar surface area (TPSA) is 55.8 Å². The Bertz CT molecular complexity index is 996. The highest BCUT2D eigenvalue weighted by atomic mass is 32.2. The van der Waals surface area contributed by atoms with Crippen molar-refractivity contribution in [3.63, 3.8) is 0 Å². The van der Waals surface area contributed by atoms with Gasteiger partial charge in [-0.1, -0.05) is 30.7 Å². The van der Waals surface area contributed by atoms with Crippen LogP contribution in [0.2, 0.25) is 0 Å². The molecule has 0 unspecified atom stereocenters. The summed E-state index contributed by atoms with van der Waals surface area (Å²) in [7, 11) is 0. The highest BCUT2D eigenvalue weighted by molar-refractivity contribution is 8.04. The third-order valence-corrected chi connectivity index (χ3v) is 5.55. The van der Waals surface area contributed by atoms with Crippen LogP contribution in [0.3, 0.4) is 0 Å². The number of carbonyl (C=O) groups excluding carboxylic acids is 2. The number of ether oxygens (including phenoxy) is 2. The second-order valence-corrected chi connectivity index (χ2v) is 7.71. The Morgan fingerprint density at radius 3 is 2.52 bits per heavy atom. The average molecular weight is 381 g/mol. The van der Waals surface area contributed by atoms with Crippen LogP contribution in [-0.2, 0) is 9.59 Å². The fraction of sp³-hybridized carbons (Fsp3) is 0.238. The third kappa shape index (κ3) is 2.90. The number of anilines is 1. The van der Waals surface area contributed by atoms with E-state index in [9.17, 15) is 9.59 Å².